The molecular weight excluding hydrogens is 478 g/mol. The van der Waals surface area contributed by atoms with E-state index in [0.29, 0.717) is 24.5 Å². The third kappa shape index (κ3) is 3.98. The molecule has 9 nitrogen and oxygen atoms in total. The normalized spacial score (nSPS) is 51.1. The van der Waals surface area contributed by atoms with Crippen LogP contribution in [-0.2, 0) is 23.9 Å². The van der Waals surface area contributed by atoms with Crippen LogP contribution < -0.4 is 5.32 Å². The first-order valence-electron chi connectivity index (χ1n) is 13.9. The Morgan fingerprint density at radius 2 is 1.76 bits per heavy atom. The molecule has 4 N–H and O–H groups in total. The predicted octanol–water partition coefficient (Wildman–Crippen LogP) is 1.85. The molecule has 5 aliphatic rings. The van der Waals surface area contributed by atoms with Gasteiger partial charge in [0.05, 0.1) is 12.0 Å². The summed E-state index contributed by atoms with van der Waals surface area (Å²) < 4.78 is 11.6. The molecule has 5 rings (SSSR count). The van der Waals surface area contributed by atoms with E-state index in [1.807, 2.05) is 6.92 Å². The van der Waals surface area contributed by atoms with E-state index in [-0.39, 0.29) is 22.2 Å². The van der Waals surface area contributed by atoms with Crippen molar-refractivity contribution >= 4 is 17.7 Å². The van der Waals surface area contributed by atoms with Crippen molar-refractivity contribution in [2.45, 2.75) is 116 Å². The Bertz CT molecular complexity index is 972. The molecule has 0 aromatic rings. The third-order valence-electron chi connectivity index (χ3n) is 11.3. The van der Waals surface area contributed by atoms with Crippen LogP contribution in [-0.4, -0.2) is 70.2 Å². The largest absolute Gasteiger partial charge is 0.433 e. The Hall–Kier alpha value is -1.55. The Labute approximate surface area is 218 Å². The van der Waals surface area contributed by atoms with Crippen molar-refractivity contribution in [1.82, 2.24) is 5.32 Å². The Morgan fingerprint density at radius 3 is 2.43 bits per heavy atom. The molecule has 1 heterocycles. The molecule has 1 spiro atoms. The van der Waals surface area contributed by atoms with E-state index in [1.165, 1.54) is 6.92 Å². The Morgan fingerprint density at radius 1 is 1.05 bits per heavy atom. The Balaban J connectivity index is 1.40. The molecule has 1 saturated heterocycles. The molecule has 37 heavy (non-hydrogen) atoms. The van der Waals surface area contributed by atoms with Crippen LogP contribution in [0.5, 0.6) is 0 Å². The second-order valence-electron chi connectivity index (χ2n) is 13.5. The number of ketones is 1. The minimum absolute atomic E-state index is 0.0368. The van der Waals surface area contributed by atoms with Crippen molar-refractivity contribution in [2.75, 3.05) is 6.61 Å². The predicted molar refractivity (Wildman–Crippen MR) is 132 cm³/mol. The number of Topliss-reactive ketones (excluding diaryl/α,β-unsaturated/α-hetero) is 1. The standard InChI is InChI=1S/C28H43NO8/c1-15(31)29-20-22(34)21(33)16(13-30)36-23(20)37-24(35)27(4)9-5-8-26(3)17(27)7-11-28-12-19(32)25(2,14-28)10-6-18(26)28/h16-18,20-23,30,33-34H,5-14H2,1-4H3,(H,29,31)/t16-,17+,18+,20-,21-,22-,23+,25+,26-,27-,28+/m1/s1. The molecule has 2 bridgehead atoms. The fourth-order valence-electron chi connectivity index (χ4n) is 9.56. The number of hydrogen-bond donors (Lipinski definition) is 4. The number of aliphatic hydroxyl groups is 3. The summed E-state index contributed by atoms with van der Waals surface area (Å²) in [5.74, 6) is -0.0352. The van der Waals surface area contributed by atoms with Crippen LogP contribution in [0.2, 0.25) is 0 Å². The van der Waals surface area contributed by atoms with Gasteiger partial charge >= 0.3 is 5.97 Å². The molecule has 208 valence electrons. The summed E-state index contributed by atoms with van der Waals surface area (Å²) in [4.78, 5) is 38.7. The Kier molecular flexibility index (Phi) is 6.57. The van der Waals surface area contributed by atoms with Crippen molar-refractivity contribution in [3.63, 3.8) is 0 Å². The van der Waals surface area contributed by atoms with Crippen molar-refractivity contribution < 1.29 is 39.2 Å². The lowest BCUT2D eigenvalue weighted by molar-refractivity contribution is -0.271. The molecule has 4 saturated carbocycles. The first-order chi connectivity index (χ1) is 17.3. The molecule has 0 aromatic heterocycles. The number of amides is 1. The lowest BCUT2D eigenvalue weighted by Crippen LogP contribution is -2.65. The summed E-state index contributed by atoms with van der Waals surface area (Å²) in [6, 6.07) is -1.16. The lowest BCUT2D eigenvalue weighted by atomic mass is 9.40. The monoisotopic (exact) mass is 521 g/mol. The molecule has 9 heteroatoms. The van der Waals surface area contributed by atoms with Gasteiger partial charge in [-0.15, -0.1) is 0 Å². The number of carbonyl (C=O) groups excluding carboxylic acids is 3. The van der Waals surface area contributed by atoms with Gasteiger partial charge in [-0.05, 0) is 74.5 Å². The summed E-state index contributed by atoms with van der Waals surface area (Å²) in [5.41, 5.74) is -1.04. The summed E-state index contributed by atoms with van der Waals surface area (Å²) in [7, 11) is 0. The van der Waals surface area contributed by atoms with Crippen molar-refractivity contribution in [3.05, 3.63) is 0 Å². The number of carbonyl (C=O) groups is 3. The van der Waals surface area contributed by atoms with Gasteiger partial charge in [-0.25, -0.2) is 0 Å². The highest BCUT2D eigenvalue weighted by Gasteiger charge is 2.68. The van der Waals surface area contributed by atoms with E-state index >= 15 is 0 Å². The van der Waals surface area contributed by atoms with Gasteiger partial charge in [0.1, 0.15) is 30.1 Å². The van der Waals surface area contributed by atoms with Crippen LogP contribution in [0.1, 0.15) is 85.5 Å². The SMILES string of the molecule is CC(=O)N[C@H]1[C@H](OC(=O)[C@]2(C)CCC[C@@]3(C)[C@@H]4CC[C@@]5(C)C[C@]4(CC[C@@H]32)CC5=O)O[C@H](CO)[C@@H](O)[C@@H]1O. The first kappa shape index (κ1) is 27.0. The van der Waals surface area contributed by atoms with Crippen LogP contribution in [0.3, 0.4) is 0 Å². The minimum Gasteiger partial charge on any atom is -0.433 e. The van der Waals surface area contributed by atoms with Gasteiger partial charge in [-0.2, -0.15) is 0 Å². The molecule has 4 aliphatic carbocycles. The van der Waals surface area contributed by atoms with Crippen LogP contribution in [0.4, 0.5) is 0 Å². The highest BCUT2D eigenvalue weighted by Crippen LogP contribution is 2.73. The molecule has 0 aromatic carbocycles. The van der Waals surface area contributed by atoms with Crippen LogP contribution in [0.25, 0.3) is 0 Å². The first-order valence-corrected chi connectivity index (χ1v) is 13.9. The molecular formula is C28H43NO8. The van der Waals surface area contributed by atoms with Crippen LogP contribution in [0.15, 0.2) is 0 Å². The van der Waals surface area contributed by atoms with Crippen LogP contribution >= 0.6 is 0 Å². The number of hydrogen-bond acceptors (Lipinski definition) is 8. The maximum atomic E-state index is 13.9. The third-order valence-corrected chi connectivity index (χ3v) is 11.3. The van der Waals surface area contributed by atoms with E-state index in [1.54, 1.807) is 0 Å². The maximum absolute atomic E-state index is 13.9. The molecule has 1 amide bonds. The fourth-order valence-corrected chi connectivity index (χ4v) is 9.56. The minimum atomic E-state index is -1.47. The van der Waals surface area contributed by atoms with Crippen molar-refractivity contribution in [3.8, 4) is 0 Å². The quantitative estimate of drug-likeness (QED) is 0.411. The van der Waals surface area contributed by atoms with Gasteiger partial charge < -0.3 is 30.1 Å². The summed E-state index contributed by atoms with van der Waals surface area (Å²) in [5, 5.41) is 33.1. The molecule has 0 radical (unpaired) electrons. The highest BCUT2D eigenvalue weighted by molar-refractivity contribution is 5.88. The second-order valence-corrected chi connectivity index (χ2v) is 13.5. The van der Waals surface area contributed by atoms with E-state index in [4.69, 9.17) is 9.47 Å². The summed E-state index contributed by atoms with van der Waals surface area (Å²) in [6.45, 7) is 7.12. The smallest absolute Gasteiger partial charge is 0.314 e. The number of fused-ring (bicyclic) bond motifs is 3. The number of rotatable bonds is 4. The van der Waals surface area contributed by atoms with Gasteiger partial charge in [0.15, 0.2) is 0 Å². The van der Waals surface area contributed by atoms with Crippen molar-refractivity contribution in [2.24, 2.45) is 33.5 Å². The topological polar surface area (TPSA) is 142 Å². The van der Waals surface area contributed by atoms with Crippen molar-refractivity contribution in [1.29, 1.82) is 0 Å². The maximum Gasteiger partial charge on any atom is 0.314 e. The van der Waals surface area contributed by atoms with Gasteiger partial charge in [0.2, 0.25) is 12.2 Å². The van der Waals surface area contributed by atoms with Crippen LogP contribution in [0, 0.1) is 33.5 Å². The molecule has 0 unspecified atom stereocenters. The fraction of sp³-hybridized carbons (Fsp3) is 0.893. The zero-order valence-electron chi connectivity index (χ0n) is 22.5. The number of aliphatic hydroxyl groups excluding tert-OH is 3. The second kappa shape index (κ2) is 9.00. The zero-order valence-corrected chi connectivity index (χ0v) is 22.5. The number of nitrogens with one attached hydrogen (secondary N) is 1. The van der Waals surface area contributed by atoms with Gasteiger partial charge in [0, 0.05) is 18.8 Å². The van der Waals surface area contributed by atoms with E-state index < -0.39 is 54.5 Å². The zero-order chi connectivity index (χ0) is 27.0. The molecule has 5 fully saturated rings. The number of esters is 1. The summed E-state index contributed by atoms with van der Waals surface area (Å²) in [6.07, 6.45) is 2.50. The molecule has 11 atom stereocenters. The molecule has 1 aliphatic heterocycles. The van der Waals surface area contributed by atoms with E-state index in [9.17, 15) is 29.7 Å². The lowest BCUT2D eigenvalue weighted by Gasteiger charge is -2.64. The number of ether oxygens (including phenoxy) is 2. The van der Waals surface area contributed by atoms with Gasteiger partial charge in [-0.3, -0.25) is 14.4 Å². The average Bonchev–Trinajstić information content (AvgIpc) is 3.01. The van der Waals surface area contributed by atoms with Gasteiger partial charge in [0.25, 0.3) is 0 Å². The van der Waals surface area contributed by atoms with Gasteiger partial charge in [-0.1, -0.05) is 20.3 Å². The highest BCUT2D eigenvalue weighted by atomic mass is 16.7. The van der Waals surface area contributed by atoms with E-state index in [0.717, 1.165) is 44.9 Å². The van der Waals surface area contributed by atoms with E-state index in [2.05, 4.69) is 19.2 Å². The average molecular weight is 522 g/mol. The summed E-state index contributed by atoms with van der Waals surface area (Å²) >= 11 is 0.